The molecule has 1 N–H and O–H groups in total. The fourth-order valence-electron chi connectivity index (χ4n) is 8.06. The van der Waals surface area contributed by atoms with Crippen molar-refractivity contribution in [3.8, 4) is 0 Å². The standard InChI is InChI=1S/C23H29F3N6O3S/c24-23(25,26)21-5-22(6-21,7-21)36(34,35)32-12-20(13-32)10-31(11-20)18(33)30-8-19(9-30)3-15(4-19)17-27-16(28-29-17)14-1-2-14/h14-15H,1-13H2,(H,27,28,29). The number of alkyl halides is 3. The molecule has 5 saturated carbocycles. The van der Waals surface area contributed by atoms with Crippen molar-refractivity contribution in [1.82, 2.24) is 29.3 Å². The first kappa shape index (κ1) is 22.1. The van der Waals surface area contributed by atoms with E-state index in [2.05, 4.69) is 15.2 Å². The van der Waals surface area contributed by atoms with E-state index in [4.69, 9.17) is 0 Å². The number of aromatic amines is 1. The lowest BCUT2D eigenvalue weighted by atomic mass is 9.43. The van der Waals surface area contributed by atoms with Crippen LogP contribution in [0.1, 0.15) is 68.4 Å². The van der Waals surface area contributed by atoms with Crippen molar-refractivity contribution < 1.29 is 26.4 Å². The second-order valence-electron chi connectivity index (χ2n) is 13.2. The summed E-state index contributed by atoms with van der Waals surface area (Å²) in [6.07, 6.45) is -0.791. The molecule has 36 heavy (non-hydrogen) atoms. The van der Waals surface area contributed by atoms with Gasteiger partial charge in [0.1, 0.15) is 11.6 Å². The van der Waals surface area contributed by atoms with Crippen LogP contribution in [0.4, 0.5) is 18.0 Å². The zero-order chi connectivity index (χ0) is 24.9. The van der Waals surface area contributed by atoms with Crippen LogP contribution in [0, 0.1) is 16.2 Å². The lowest BCUT2D eigenvalue weighted by Crippen LogP contribution is -2.81. The van der Waals surface area contributed by atoms with E-state index in [0.29, 0.717) is 38.0 Å². The van der Waals surface area contributed by atoms with Crippen LogP contribution in [-0.4, -0.2) is 93.9 Å². The normalized spacial score (nSPS) is 36.4. The first-order valence-corrected chi connectivity index (χ1v) is 14.3. The largest absolute Gasteiger partial charge is 0.394 e. The SMILES string of the molecule is O=C(N1CC2(CC(c3nnc(C4CC4)[nH]3)C2)C1)N1CC2(C1)CN(S(=O)(=O)C13CC(C(F)(F)F)(C1)C3)C2. The van der Waals surface area contributed by atoms with Crippen molar-refractivity contribution in [2.75, 3.05) is 39.3 Å². The van der Waals surface area contributed by atoms with Gasteiger partial charge in [-0.25, -0.2) is 13.2 Å². The Hall–Kier alpha value is -1.89. The molecule has 13 heteroatoms. The number of nitrogens with zero attached hydrogens (tertiary/aromatic N) is 5. The molecule has 9 rings (SSSR count). The highest BCUT2D eigenvalue weighted by atomic mass is 32.2. The number of rotatable bonds is 4. The fourth-order valence-corrected chi connectivity index (χ4v) is 10.9. The molecule has 9 nitrogen and oxygen atoms in total. The van der Waals surface area contributed by atoms with E-state index in [9.17, 15) is 26.4 Å². The molecule has 1 aromatic heterocycles. The minimum Gasteiger partial charge on any atom is -0.328 e. The maximum atomic E-state index is 13.1. The Labute approximate surface area is 206 Å². The lowest BCUT2D eigenvalue weighted by Gasteiger charge is -2.71. The van der Waals surface area contributed by atoms with E-state index < -0.39 is 26.4 Å². The third-order valence-corrected chi connectivity index (χ3v) is 12.8. The van der Waals surface area contributed by atoms with Crippen LogP contribution in [0.5, 0.6) is 0 Å². The summed E-state index contributed by atoms with van der Waals surface area (Å²) in [5, 5.41) is 8.61. The summed E-state index contributed by atoms with van der Waals surface area (Å²) in [6.45, 7) is 3.16. The molecule has 2 bridgehead atoms. The molecular weight excluding hydrogens is 497 g/mol. The molecule has 0 radical (unpaired) electrons. The number of carbonyl (C=O) groups is 1. The smallest absolute Gasteiger partial charge is 0.328 e. The predicted molar refractivity (Wildman–Crippen MR) is 119 cm³/mol. The monoisotopic (exact) mass is 526 g/mol. The molecule has 8 aliphatic rings. The second kappa shape index (κ2) is 6.22. The van der Waals surface area contributed by atoms with Gasteiger partial charge in [-0.05, 0) is 44.9 Å². The van der Waals surface area contributed by atoms with Crippen molar-refractivity contribution in [3.05, 3.63) is 11.6 Å². The Balaban J connectivity index is 0.804. The van der Waals surface area contributed by atoms with E-state index >= 15 is 0 Å². The fraction of sp³-hybridized carbons (Fsp3) is 0.870. The number of hydrogen-bond donors (Lipinski definition) is 1. The van der Waals surface area contributed by atoms with E-state index in [-0.39, 0.29) is 36.1 Å². The molecule has 8 fully saturated rings. The summed E-state index contributed by atoms with van der Waals surface area (Å²) in [6, 6.07) is 0.0123. The van der Waals surface area contributed by atoms with Crippen molar-refractivity contribution >= 4 is 16.1 Å². The number of carbonyl (C=O) groups excluding carboxylic acids is 1. The highest BCUT2D eigenvalue weighted by Crippen LogP contribution is 2.77. The molecule has 3 aliphatic heterocycles. The summed E-state index contributed by atoms with van der Waals surface area (Å²) >= 11 is 0. The molecule has 0 atom stereocenters. The zero-order valence-corrected chi connectivity index (χ0v) is 20.7. The number of urea groups is 1. The van der Waals surface area contributed by atoms with Crippen LogP contribution in [0.3, 0.4) is 0 Å². The van der Waals surface area contributed by atoms with Gasteiger partial charge in [-0.1, -0.05) is 0 Å². The van der Waals surface area contributed by atoms with Crippen LogP contribution < -0.4 is 0 Å². The van der Waals surface area contributed by atoms with E-state index in [1.54, 1.807) is 4.90 Å². The third kappa shape index (κ3) is 2.66. The van der Waals surface area contributed by atoms with Gasteiger partial charge in [0.05, 0.1) is 10.2 Å². The quantitative estimate of drug-likeness (QED) is 0.649. The topological polar surface area (TPSA) is 102 Å². The van der Waals surface area contributed by atoms with Gasteiger partial charge >= 0.3 is 12.2 Å². The van der Waals surface area contributed by atoms with Gasteiger partial charge in [0.2, 0.25) is 10.0 Å². The summed E-state index contributed by atoms with van der Waals surface area (Å²) in [5.41, 5.74) is -1.82. The molecule has 4 heterocycles. The Morgan fingerprint density at radius 3 is 1.92 bits per heavy atom. The Kier molecular flexibility index (Phi) is 3.82. The maximum absolute atomic E-state index is 13.1. The molecule has 2 spiro atoms. The van der Waals surface area contributed by atoms with Crippen LogP contribution in [-0.2, 0) is 10.0 Å². The molecule has 196 valence electrons. The third-order valence-electron chi connectivity index (χ3n) is 10.4. The summed E-state index contributed by atoms with van der Waals surface area (Å²) in [7, 11) is -3.72. The van der Waals surface area contributed by atoms with E-state index in [0.717, 1.165) is 37.6 Å². The average molecular weight is 527 g/mol. The number of aromatic nitrogens is 3. The van der Waals surface area contributed by atoms with Gasteiger partial charge in [0.15, 0.2) is 0 Å². The Morgan fingerprint density at radius 1 is 0.861 bits per heavy atom. The molecule has 0 aromatic carbocycles. The van der Waals surface area contributed by atoms with Crippen molar-refractivity contribution in [3.63, 3.8) is 0 Å². The van der Waals surface area contributed by atoms with Gasteiger partial charge in [-0.2, -0.15) is 17.5 Å². The minimum absolute atomic E-state index is 0.0123. The minimum atomic E-state index is -4.32. The molecule has 0 unspecified atom stereocenters. The first-order chi connectivity index (χ1) is 16.9. The van der Waals surface area contributed by atoms with Crippen LogP contribution >= 0.6 is 0 Å². The number of halogens is 3. The number of hydrogen-bond acceptors (Lipinski definition) is 5. The highest BCUT2D eigenvalue weighted by molar-refractivity contribution is 7.90. The van der Waals surface area contributed by atoms with Crippen LogP contribution in [0.2, 0.25) is 0 Å². The van der Waals surface area contributed by atoms with Crippen molar-refractivity contribution in [1.29, 1.82) is 0 Å². The van der Waals surface area contributed by atoms with Gasteiger partial charge in [0, 0.05) is 61.9 Å². The Morgan fingerprint density at radius 2 is 1.39 bits per heavy atom. The number of H-pyrrole nitrogens is 1. The number of nitrogens with one attached hydrogen (secondary N) is 1. The van der Waals surface area contributed by atoms with E-state index in [1.807, 2.05) is 4.90 Å². The van der Waals surface area contributed by atoms with Crippen LogP contribution in [0.15, 0.2) is 0 Å². The predicted octanol–water partition coefficient (Wildman–Crippen LogP) is 2.41. The summed E-state index contributed by atoms with van der Waals surface area (Å²) in [5.74, 6) is 2.95. The lowest BCUT2D eigenvalue weighted by molar-refractivity contribution is -0.315. The molecular formula is C23H29F3N6O3S. The average Bonchev–Trinajstić information content (AvgIpc) is 3.31. The summed E-state index contributed by atoms with van der Waals surface area (Å²) < 4.78 is 65.5. The number of sulfonamides is 1. The van der Waals surface area contributed by atoms with Crippen molar-refractivity contribution in [2.45, 2.75) is 67.7 Å². The van der Waals surface area contributed by atoms with Crippen LogP contribution in [0.25, 0.3) is 0 Å². The number of amides is 2. The number of likely N-dealkylation sites (tertiary alicyclic amines) is 2. The van der Waals surface area contributed by atoms with E-state index in [1.165, 1.54) is 17.1 Å². The van der Waals surface area contributed by atoms with Gasteiger partial charge < -0.3 is 14.8 Å². The molecule has 2 amide bonds. The summed E-state index contributed by atoms with van der Waals surface area (Å²) in [4.78, 5) is 20.0. The highest BCUT2D eigenvalue weighted by Gasteiger charge is 2.84. The van der Waals surface area contributed by atoms with Gasteiger partial charge in [-0.3, -0.25) is 0 Å². The second-order valence-corrected chi connectivity index (χ2v) is 15.6. The molecule has 5 aliphatic carbocycles. The molecule has 1 aromatic rings. The van der Waals surface area contributed by atoms with Gasteiger partial charge in [-0.15, -0.1) is 10.2 Å². The first-order valence-electron chi connectivity index (χ1n) is 12.9. The molecule has 3 saturated heterocycles. The van der Waals surface area contributed by atoms with Gasteiger partial charge in [0.25, 0.3) is 0 Å². The van der Waals surface area contributed by atoms with Crippen molar-refractivity contribution in [2.24, 2.45) is 16.2 Å². The Bertz CT molecular complexity index is 1240. The maximum Gasteiger partial charge on any atom is 0.394 e. The zero-order valence-electron chi connectivity index (χ0n) is 19.9.